The Labute approximate surface area is 119 Å². The van der Waals surface area contributed by atoms with E-state index in [1.54, 1.807) is 20.0 Å². The highest BCUT2D eigenvalue weighted by Crippen LogP contribution is 2.31. The first-order valence-corrected chi connectivity index (χ1v) is 6.74. The monoisotopic (exact) mass is 281 g/mol. The molecule has 0 aliphatic carbocycles. The average molecular weight is 281 g/mol. The van der Waals surface area contributed by atoms with Gasteiger partial charge >= 0.3 is 5.97 Å². The van der Waals surface area contributed by atoms with Gasteiger partial charge in [-0.1, -0.05) is 13.8 Å². The number of aromatic hydroxyl groups is 1. The van der Waals surface area contributed by atoms with E-state index in [1.807, 2.05) is 13.8 Å². The first kappa shape index (κ1) is 16.3. The van der Waals surface area contributed by atoms with E-state index in [2.05, 4.69) is 4.74 Å². The second kappa shape index (κ2) is 6.59. The van der Waals surface area contributed by atoms with Gasteiger partial charge in [0.15, 0.2) is 0 Å². The maximum absolute atomic E-state index is 12.4. The van der Waals surface area contributed by atoms with Crippen molar-refractivity contribution in [3.63, 3.8) is 0 Å². The third kappa shape index (κ3) is 3.62. The number of nitrogens with zero attached hydrogens (tertiary/aromatic N) is 1. The van der Waals surface area contributed by atoms with Gasteiger partial charge in [-0.05, 0) is 25.3 Å². The number of pyridine rings is 1. The molecule has 0 radical (unpaired) electrons. The van der Waals surface area contributed by atoms with Crippen LogP contribution in [0.1, 0.15) is 43.9 Å². The van der Waals surface area contributed by atoms with E-state index in [0.29, 0.717) is 23.6 Å². The average Bonchev–Trinajstić information content (AvgIpc) is 2.35. The van der Waals surface area contributed by atoms with Crippen molar-refractivity contribution < 1.29 is 14.6 Å². The predicted molar refractivity (Wildman–Crippen MR) is 76.9 cm³/mol. The maximum Gasteiger partial charge on any atom is 0.306 e. The molecule has 0 bridgehead atoms. The molecule has 0 aromatic carbocycles. The Morgan fingerprint density at radius 3 is 2.55 bits per heavy atom. The molecule has 20 heavy (non-hydrogen) atoms. The van der Waals surface area contributed by atoms with Gasteiger partial charge in [-0.2, -0.15) is 0 Å². The standard InChI is InChI=1S/C15H23NO4/c1-9(2)6-11(8-13(18)20-5)14-12(17)7-10(3)16(4)15(14)19/h7,9,11,17H,6,8H2,1-5H3. The smallest absolute Gasteiger partial charge is 0.306 e. The van der Waals surface area contributed by atoms with Gasteiger partial charge in [-0.25, -0.2) is 0 Å². The van der Waals surface area contributed by atoms with Crippen LogP contribution in [0.2, 0.25) is 0 Å². The molecule has 1 unspecified atom stereocenters. The van der Waals surface area contributed by atoms with E-state index < -0.39 is 0 Å². The van der Waals surface area contributed by atoms with Gasteiger partial charge in [-0.3, -0.25) is 9.59 Å². The summed E-state index contributed by atoms with van der Waals surface area (Å²) in [5, 5.41) is 10.1. The lowest BCUT2D eigenvalue weighted by molar-refractivity contribution is -0.141. The highest BCUT2D eigenvalue weighted by Gasteiger charge is 2.25. The Bertz CT molecular complexity index is 546. The molecule has 5 heteroatoms. The molecule has 1 aromatic heterocycles. The number of esters is 1. The first-order valence-electron chi connectivity index (χ1n) is 6.74. The molecule has 1 N–H and O–H groups in total. The summed E-state index contributed by atoms with van der Waals surface area (Å²) >= 11 is 0. The first-order chi connectivity index (χ1) is 9.27. The zero-order valence-corrected chi connectivity index (χ0v) is 12.8. The Morgan fingerprint density at radius 1 is 1.45 bits per heavy atom. The molecule has 0 fully saturated rings. The van der Waals surface area contributed by atoms with Crippen LogP contribution in [-0.4, -0.2) is 22.8 Å². The number of carbonyl (C=O) groups is 1. The zero-order valence-electron chi connectivity index (χ0n) is 12.8. The van der Waals surface area contributed by atoms with Crippen molar-refractivity contribution in [3.8, 4) is 5.75 Å². The molecule has 0 amide bonds. The third-order valence-electron chi connectivity index (χ3n) is 3.49. The van der Waals surface area contributed by atoms with E-state index in [-0.39, 0.29) is 29.6 Å². The van der Waals surface area contributed by atoms with Crippen LogP contribution in [-0.2, 0) is 16.6 Å². The molecule has 1 aromatic rings. The van der Waals surface area contributed by atoms with Gasteiger partial charge in [0.1, 0.15) is 5.75 Å². The normalized spacial score (nSPS) is 12.5. The lowest BCUT2D eigenvalue weighted by atomic mass is 9.87. The Hall–Kier alpha value is -1.78. The van der Waals surface area contributed by atoms with Crippen LogP contribution >= 0.6 is 0 Å². The van der Waals surface area contributed by atoms with Crippen molar-refractivity contribution in [2.45, 2.75) is 39.5 Å². The van der Waals surface area contributed by atoms with Gasteiger partial charge in [0.05, 0.1) is 19.1 Å². The molecule has 1 rings (SSSR count). The lowest BCUT2D eigenvalue weighted by Crippen LogP contribution is -2.26. The number of hydrogen-bond acceptors (Lipinski definition) is 4. The SMILES string of the molecule is COC(=O)CC(CC(C)C)c1c(O)cc(C)n(C)c1=O. The maximum atomic E-state index is 12.4. The van der Waals surface area contributed by atoms with Crippen LogP contribution in [0.3, 0.4) is 0 Å². The number of carbonyl (C=O) groups excluding carboxylic acids is 1. The Balaban J connectivity index is 3.30. The number of ether oxygens (including phenoxy) is 1. The lowest BCUT2D eigenvalue weighted by Gasteiger charge is -2.20. The minimum atomic E-state index is -0.377. The molecule has 0 saturated carbocycles. The van der Waals surface area contributed by atoms with Gasteiger partial charge in [0.25, 0.3) is 5.56 Å². The molecule has 0 saturated heterocycles. The van der Waals surface area contributed by atoms with E-state index in [4.69, 9.17) is 0 Å². The summed E-state index contributed by atoms with van der Waals surface area (Å²) < 4.78 is 6.17. The van der Waals surface area contributed by atoms with Gasteiger partial charge < -0.3 is 14.4 Å². The predicted octanol–water partition coefficient (Wildman–Crippen LogP) is 2.09. The zero-order chi connectivity index (χ0) is 15.4. The summed E-state index contributed by atoms with van der Waals surface area (Å²) in [5.74, 6) is -0.449. The summed E-state index contributed by atoms with van der Waals surface area (Å²) in [4.78, 5) is 23.9. The Kier molecular flexibility index (Phi) is 5.36. The summed E-state index contributed by atoms with van der Waals surface area (Å²) in [6.45, 7) is 5.78. The molecule has 5 nitrogen and oxygen atoms in total. The van der Waals surface area contributed by atoms with E-state index in [1.165, 1.54) is 11.7 Å². The molecule has 1 heterocycles. The molecular formula is C15H23NO4. The van der Waals surface area contributed by atoms with Crippen molar-refractivity contribution in [1.82, 2.24) is 4.57 Å². The van der Waals surface area contributed by atoms with Crippen LogP contribution in [0.25, 0.3) is 0 Å². The topological polar surface area (TPSA) is 68.5 Å². The van der Waals surface area contributed by atoms with Crippen LogP contribution in [0.15, 0.2) is 10.9 Å². The number of rotatable bonds is 5. The quantitative estimate of drug-likeness (QED) is 0.839. The Morgan fingerprint density at radius 2 is 2.05 bits per heavy atom. The van der Waals surface area contributed by atoms with Gasteiger partial charge in [0.2, 0.25) is 0 Å². The third-order valence-corrected chi connectivity index (χ3v) is 3.49. The fourth-order valence-corrected chi connectivity index (χ4v) is 2.36. The number of hydrogen-bond donors (Lipinski definition) is 1. The molecule has 0 aliphatic rings. The highest BCUT2D eigenvalue weighted by molar-refractivity contribution is 5.70. The largest absolute Gasteiger partial charge is 0.507 e. The number of methoxy groups -OCH3 is 1. The number of aromatic nitrogens is 1. The minimum absolute atomic E-state index is 0.0415. The fraction of sp³-hybridized carbons (Fsp3) is 0.600. The number of aryl methyl sites for hydroxylation is 1. The molecule has 112 valence electrons. The molecule has 0 spiro atoms. The van der Waals surface area contributed by atoms with Crippen molar-refractivity contribution in [3.05, 3.63) is 27.7 Å². The second-order valence-corrected chi connectivity index (χ2v) is 5.56. The van der Waals surface area contributed by atoms with Crippen molar-refractivity contribution in [1.29, 1.82) is 0 Å². The van der Waals surface area contributed by atoms with Crippen molar-refractivity contribution in [2.75, 3.05) is 7.11 Å². The minimum Gasteiger partial charge on any atom is -0.507 e. The van der Waals surface area contributed by atoms with Crippen LogP contribution in [0, 0.1) is 12.8 Å². The fourth-order valence-electron chi connectivity index (χ4n) is 2.36. The van der Waals surface area contributed by atoms with E-state index in [9.17, 15) is 14.7 Å². The van der Waals surface area contributed by atoms with Crippen molar-refractivity contribution >= 4 is 5.97 Å². The molecular weight excluding hydrogens is 258 g/mol. The van der Waals surface area contributed by atoms with Crippen LogP contribution < -0.4 is 5.56 Å². The highest BCUT2D eigenvalue weighted by atomic mass is 16.5. The van der Waals surface area contributed by atoms with Crippen LogP contribution in [0.5, 0.6) is 5.75 Å². The summed E-state index contributed by atoms with van der Waals surface area (Å²) in [6.07, 6.45) is 0.738. The van der Waals surface area contributed by atoms with Gasteiger partial charge in [-0.15, -0.1) is 0 Å². The van der Waals surface area contributed by atoms with Crippen LogP contribution in [0.4, 0.5) is 0 Å². The molecule has 0 aliphatic heterocycles. The summed E-state index contributed by atoms with van der Waals surface area (Å²) in [6, 6.07) is 1.56. The summed E-state index contributed by atoms with van der Waals surface area (Å²) in [7, 11) is 2.98. The van der Waals surface area contributed by atoms with E-state index in [0.717, 1.165) is 0 Å². The van der Waals surface area contributed by atoms with Crippen molar-refractivity contribution in [2.24, 2.45) is 13.0 Å². The molecule has 1 atom stereocenters. The second-order valence-electron chi connectivity index (χ2n) is 5.56. The van der Waals surface area contributed by atoms with Gasteiger partial charge in [0, 0.05) is 18.7 Å². The van der Waals surface area contributed by atoms with E-state index >= 15 is 0 Å². The summed E-state index contributed by atoms with van der Waals surface area (Å²) in [5.41, 5.74) is 0.729.